The third-order valence-electron chi connectivity index (χ3n) is 7.70. The fourth-order valence-electron chi connectivity index (χ4n) is 5.67. The summed E-state index contributed by atoms with van der Waals surface area (Å²) in [6.07, 6.45) is 1.27. The van der Waals surface area contributed by atoms with Crippen molar-refractivity contribution in [1.29, 1.82) is 0 Å². The summed E-state index contributed by atoms with van der Waals surface area (Å²) < 4.78 is 41.5. The predicted octanol–water partition coefficient (Wildman–Crippen LogP) is 6.11. The molecular formula is C28H31F3N4O3. The van der Waals surface area contributed by atoms with Gasteiger partial charge >= 0.3 is 12.1 Å². The molecular weight excluding hydrogens is 497 g/mol. The van der Waals surface area contributed by atoms with Crippen LogP contribution in [0, 0.1) is 5.92 Å². The number of rotatable bonds is 6. The van der Waals surface area contributed by atoms with Crippen LogP contribution in [0.5, 0.6) is 0 Å². The first-order chi connectivity index (χ1) is 18.2. The van der Waals surface area contributed by atoms with E-state index >= 15 is 0 Å². The van der Waals surface area contributed by atoms with Gasteiger partial charge in [0, 0.05) is 18.2 Å². The zero-order valence-electron chi connectivity index (χ0n) is 21.0. The van der Waals surface area contributed by atoms with E-state index in [-0.39, 0.29) is 17.6 Å². The van der Waals surface area contributed by atoms with Crippen LogP contribution >= 0.6 is 0 Å². The normalized spacial score (nSPS) is 20.9. The predicted molar refractivity (Wildman–Crippen MR) is 137 cm³/mol. The van der Waals surface area contributed by atoms with E-state index in [9.17, 15) is 27.9 Å². The third kappa shape index (κ3) is 5.70. The van der Waals surface area contributed by atoms with Gasteiger partial charge in [-0.25, -0.2) is 4.98 Å². The van der Waals surface area contributed by atoms with Gasteiger partial charge in [-0.2, -0.15) is 13.2 Å². The third-order valence-corrected chi connectivity index (χ3v) is 7.70. The first-order valence-electron chi connectivity index (χ1n) is 13.1. The van der Waals surface area contributed by atoms with Crippen molar-refractivity contribution in [2.45, 2.75) is 63.7 Å². The maximum absolute atomic E-state index is 13.2. The second-order valence-electron chi connectivity index (χ2n) is 10.3. The molecule has 1 saturated heterocycles. The Kier molecular flexibility index (Phi) is 7.43. The number of halogens is 3. The molecule has 1 aliphatic heterocycles. The van der Waals surface area contributed by atoms with Crippen molar-refractivity contribution in [2.24, 2.45) is 5.92 Å². The number of nitrogens with zero attached hydrogens (tertiary/aromatic N) is 3. The number of hydrogen-bond donors (Lipinski definition) is 2. The monoisotopic (exact) mass is 528 g/mol. The molecule has 0 bridgehead atoms. The molecule has 2 aromatic carbocycles. The van der Waals surface area contributed by atoms with Gasteiger partial charge < -0.3 is 9.67 Å². The van der Waals surface area contributed by atoms with Crippen molar-refractivity contribution in [1.82, 2.24) is 14.5 Å². The quantitative estimate of drug-likeness (QED) is 0.403. The van der Waals surface area contributed by atoms with Gasteiger partial charge in [-0.3, -0.25) is 19.8 Å². The number of carboxylic acid groups (broad SMARTS) is 1. The number of benzene rings is 2. The highest BCUT2D eigenvalue weighted by Crippen LogP contribution is 2.37. The van der Waals surface area contributed by atoms with Crippen LogP contribution < -0.4 is 5.32 Å². The topological polar surface area (TPSA) is 87.5 Å². The van der Waals surface area contributed by atoms with Crippen LogP contribution in [0.25, 0.3) is 11.0 Å². The van der Waals surface area contributed by atoms with Gasteiger partial charge in [-0.1, -0.05) is 18.6 Å². The fraction of sp³-hybridized carbons (Fsp3) is 0.464. The van der Waals surface area contributed by atoms with E-state index in [1.807, 2.05) is 16.7 Å². The number of imidazole rings is 1. The number of carbonyl (C=O) groups is 2. The minimum atomic E-state index is -4.56. The summed E-state index contributed by atoms with van der Waals surface area (Å²) in [6, 6.07) is 10.3. The molecule has 2 fully saturated rings. The fourth-order valence-corrected chi connectivity index (χ4v) is 5.67. The first-order valence-corrected chi connectivity index (χ1v) is 13.1. The molecule has 1 amide bonds. The van der Waals surface area contributed by atoms with E-state index in [4.69, 9.17) is 4.98 Å². The second kappa shape index (κ2) is 10.8. The number of carbonyl (C=O) groups excluding carboxylic acids is 1. The highest BCUT2D eigenvalue weighted by Gasteiger charge is 2.32. The van der Waals surface area contributed by atoms with Crippen LogP contribution in [0.1, 0.15) is 72.5 Å². The molecule has 2 aliphatic rings. The molecule has 1 saturated carbocycles. The van der Waals surface area contributed by atoms with Gasteiger partial charge in [-0.05, 0) is 87.5 Å². The van der Waals surface area contributed by atoms with E-state index in [0.717, 1.165) is 42.8 Å². The molecule has 3 aromatic rings. The van der Waals surface area contributed by atoms with E-state index in [0.29, 0.717) is 31.2 Å². The summed E-state index contributed by atoms with van der Waals surface area (Å²) in [4.78, 5) is 31.6. The van der Waals surface area contributed by atoms with Crippen molar-refractivity contribution < 1.29 is 27.9 Å². The van der Waals surface area contributed by atoms with Gasteiger partial charge in [0.25, 0.3) is 5.91 Å². The highest BCUT2D eigenvalue weighted by molar-refractivity contribution is 6.04. The van der Waals surface area contributed by atoms with Crippen LogP contribution in [0.3, 0.4) is 0 Å². The average molecular weight is 529 g/mol. The minimum absolute atomic E-state index is 0.0830. The lowest BCUT2D eigenvalue weighted by Gasteiger charge is -2.29. The minimum Gasteiger partial charge on any atom is -0.481 e. The number of amides is 1. The molecule has 10 heteroatoms. The number of nitrogens with one attached hydrogen (secondary N) is 1. The maximum Gasteiger partial charge on any atom is 0.416 e. The molecule has 0 radical (unpaired) electrons. The molecule has 0 unspecified atom stereocenters. The Bertz CT molecular complexity index is 1320. The molecule has 0 atom stereocenters. The second-order valence-corrected chi connectivity index (χ2v) is 10.3. The summed E-state index contributed by atoms with van der Waals surface area (Å²) in [5, 5.41) is 12.2. The Labute approximate surface area is 218 Å². The first kappa shape index (κ1) is 26.2. The summed E-state index contributed by atoms with van der Waals surface area (Å²) >= 11 is 0. The van der Waals surface area contributed by atoms with E-state index in [1.54, 1.807) is 0 Å². The van der Waals surface area contributed by atoms with Crippen LogP contribution in [0.2, 0.25) is 0 Å². The molecule has 7 nitrogen and oxygen atoms in total. The number of anilines is 1. The summed E-state index contributed by atoms with van der Waals surface area (Å²) in [5.74, 6) is -1.63. The Morgan fingerprint density at radius 2 is 1.74 bits per heavy atom. The Balaban J connectivity index is 1.46. The van der Waals surface area contributed by atoms with Crippen LogP contribution in [-0.2, 0) is 17.5 Å². The summed E-state index contributed by atoms with van der Waals surface area (Å²) in [6.45, 7) is 2.91. The number of fused-ring (bicyclic) bond motifs is 1. The number of aliphatic carboxylic acids is 1. The Morgan fingerprint density at radius 1 is 1.00 bits per heavy atom. The summed E-state index contributed by atoms with van der Waals surface area (Å²) in [5.41, 5.74) is 1.60. The van der Waals surface area contributed by atoms with Gasteiger partial charge in [0.2, 0.25) is 5.95 Å². The molecule has 2 N–H and O–H groups in total. The van der Waals surface area contributed by atoms with Gasteiger partial charge in [0.05, 0.1) is 22.5 Å². The Hall–Kier alpha value is -3.40. The van der Waals surface area contributed by atoms with Crippen molar-refractivity contribution in [3.63, 3.8) is 0 Å². The zero-order chi connectivity index (χ0) is 26.9. The number of piperidine rings is 1. The standard InChI is InChI=1S/C28H31F3N4O3/c29-28(30,31)21-6-4-5-20(16-21)25(36)33-27-32-23-15-18(17-34-13-2-1-3-14-34)7-12-24(23)35(27)22-10-8-19(9-11-22)26(37)38/h4-7,12,15-16,19,22H,1-3,8-11,13-14,17H2,(H,37,38)(H,32,33,36)/t19-,22+. The molecule has 5 rings (SSSR count). The van der Waals surface area contributed by atoms with Gasteiger partial charge in [0.15, 0.2) is 0 Å². The Morgan fingerprint density at radius 3 is 2.42 bits per heavy atom. The molecule has 2 heterocycles. The molecule has 0 spiro atoms. The lowest BCUT2D eigenvalue weighted by Crippen LogP contribution is -2.29. The smallest absolute Gasteiger partial charge is 0.416 e. The maximum atomic E-state index is 13.2. The molecule has 38 heavy (non-hydrogen) atoms. The summed E-state index contributed by atoms with van der Waals surface area (Å²) in [7, 11) is 0. The van der Waals surface area contributed by atoms with Crippen molar-refractivity contribution in [3.05, 3.63) is 59.2 Å². The number of aromatic nitrogens is 2. The number of hydrogen-bond acceptors (Lipinski definition) is 4. The lowest BCUT2D eigenvalue weighted by atomic mass is 9.86. The number of likely N-dealkylation sites (tertiary alicyclic amines) is 1. The number of carboxylic acids is 1. The molecule has 1 aromatic heterocycles. The van der Waals surface area contributed by atoms with Crippen molar-refractivity contribution in [3.8, 4) is 0 Å². The van der Waals surface area contributed by atoms with E-state index < -0.39 is 29.5 Å². The van der Waals surface area contributed by atoms with Gasteiger partial charge in [0.1, 0.15) is 0 Å². The van der Waals surface area contributed by atoms with E-state index in [2.05, 4.69) is 16.3 Å². The zero-order valence-corrected chi connectivity index (χ0v) is 21.0. The molecule has 1 aliphatic carbocycles. The van der Waals surface area contributed by atoms with Gasteiger partial charge in [-0.15, -0.1) is 0 Å². The highest BCUT2D eigenvalue weighted by atomic mass is 19.4. The SMILES string of the molecule is O=C(Nc1nc2cc(CN3CCCCC3)ccc2n1[C@H]1CC[C@@H](C(=O)O)CC1)c1cccc(C(F)(F)F)c1. The molecule has 202 valence electrons. The van der Waals surface area contributed by atoms with Crippen LogP contribution in [-0.4, -0.2) is 44.5 Å². The van der Waals surface area contributed by atoms with Crippen LogP contribution in [0.15, 0.2) is 42.5 Å². The van der Waals surface area contributed by atoms with Crippen molar-refractivity contribution in [2.75, 3.05) is 18.4 Å². The largest absolute Gasteiger partial charge is 0.481 e. The van der Waals surface area contributed by atoms with Crippen molar-refractivity contribution >= 4 is 28.9 Å². The average Bonchev–Trinajstić information content (AvgIpc) is 3.25. The van der Waals surface area contributed by atoms with E-state index in [1.165, 1.54) is 31.4 Å². The number of alkyl halides is 3. The van der Waals surface area contributed by atoms with Crippen LogP contribution in [0.4, 0.5) is 19.1 Å². The lowest BCUT2D eigenvalue weighted by molar-refractivity contribution is -0.143.